The van der Waals surface area contributed by atoms with E-state index in [-0.39, 0.29) is 23.8 Å². The summed E-state index contributed by atoms with van der Waals surface area (Å²) in [5.74, 6) is 0.153. The number of nitrogens with one attached hydrogen (secondary N) is 2. The first-order valence-corrected chi connectivity index (χ1v) is 9.95. The Morgan fingerprint density at radius 2 is 1.80 bits per heavy atom. The van der Waals surface area contributed by atoms with Gasteiger partial charge in [0.05, 0.1) is 6.54 Å². The molecule has 7 heteroatoms. The molecule has 0 aliphatic carbocycles. The first-order chi connectivity index (χ1) is 14.3. The number of carbonyl (C=O) groups is 2. The molecular weight excluding hydrogens is 378 g/mol. The zero-order valence-electron chi connectivity index (χ0n) is 17.8. The Morgan fingerprint density at radius 3 is 2.47 bits per heavy atom. The SMILES string of the molecule is CCn1cnnc1-c1cccc(NC(=O)CNC(=O)c2ccc(C(C)(C)C)cc2)c1. The molecule has 0 saturated heterocycles. The Bertz CT molecular complexity index is 1030. The van der Waals surface area contributed by atoms with E-state index in [0.29, 0.717) is 11.3 Å². The van der Waals surface area contributed by atoms with Crippen molar-refractivity contribution >= 4 is 17.5 Å². The van der Waals surface area contributed by atoms with Crippen LogP contribution in [-0.4, -0.2) is 33.1 Å². The lowest BCUT2D eigenvalue weighted by molar-refractivity contribution is -0.115. The van der Waals surface area contributed by atoms with Gasteiger partial charge in [-0.25, -0.2) is 0 Å². The molecule has 0 bridgehead atoms. The lowest BCUT2D eigenvalue weighted by atomic mass is 9.87. The van der Waals surface area contributed by atoms with E-state index >= 15 is 0 Å². The number of amides is 2. The third-order valence-electron chi connectivity index (χ3n) is 4.78. The van der Waals surface area contributed by atoms with E-state index in [0.717, 1.165) is 23.5 Å². The molecule has 0 saturated carbocycles. The summed E-state index contributed by atoms with van der Waals surface area (Å²) in [6.45, 7) is 9.00. The highest BCUT2D eigenvalue weighted by Crippen LogP contribution is 2.22. The minimum absolute atomic E-state index is 0.0216. The zero-order valence-corrected chi connectivity index (χ0v) is 17.8. The van der Waals surface area contributed by atoms with Gasteiger partial charge in [0.2, 0.25) is 5.91 Å². The predicted octanol–water partition coefficient (Wildman–Crippen LogP) is 3.63. The maximum absolute atomic E-state index is 12.3. The Balaban J connectivity index is 1.58. The molecular formula is C23H27N5O2. The van der Waals surface area contributed by atoms with Gasteiger partial charge >= 0.3 is 0 Å². The van der Waals surface area contributed by atoms with E-state index in [4.69, 9.17) is 0 Å². The van der Waals surface area contributed by atoms with Crippen LogP contribution in [0.5, 0.6) is 0 Å². The highest BCUT2D eigenvalue weighted by molar-refractivity contribution is 5.99. The number of nitrogens with zero attached hydrogens (tertiary/aromatic N) is 3. The maximum Gasteiger partial charge on any atom is 0.251 e. The molecule has 0 atom stereocenters. The van der Waals surface area contributed by atoms with Gasteiger partial charge in [-0.2, -0.15) is 0 Å². The summed E-state index contributed by atoms with van der Waals surface area (Å²) in [5.41, 5.74) is 3.18. The van der Waals surface area contributed by atoms with Gasteiger partial charge < -0.3 is 15.2 Å². The minimum atomic E-state index is -0.302. The van der Waals surface area contributed by atoms with E-state index in [2.05, 4.69) is 41.6 Å². The molecule has 1 heterocycles. The van der Waals surface area contributed by atoms with Gasteiger partial charge in [0.1, 0.15) is 6.33 Å². The first-order valence-electron chi connectivity index (χ1n) is 9.95. The fourth-order valence-electron chi connectivity index (χ4n) is 3.04. The summed E-state index contributed by atoms with van der Waals surface area (Å²) in [5, 5.41) is 13.5. The summed E-state index contributed by atoms with van der Waals surface area (Å²) >= 11 is 0. The molecule has 0 aliphatic heterocycles. The van der Waals surface area contributed by atoms with E-state index in [1.165, 1.54) is 0 Å². The molecule has 2 aromatic carbocycles. The predicted molar refractivity (Wildman–Crippen MR) is 117 cm³/mol. The van der Waals surface area contributed by atoms with E-state index in [1.54, 1.807) is 24.5 Å². The number of benzene rings is 2. The number of hydrogen-bond acceptors (Lipinski definition) is 4. The second-order valence-electron chi connectivity index (χ2n) is 8.08. The number of aryl methyl sites for hydroxylation is 1. The second-order valence-corrected chi connectivity index (χ2v) is 8.08. The molecule has 7 nitrogen and oxygen atoms in total. The van der Waals surface area contributed by atoms with Gasteiger partial charge in [-0.3, -0.25) is 9.59 Å². The van der Waals surface area contributed by atoms with Crippen LogP contribution in [0.2, 0.25) is 0 Å². The minimum Gasteiger partial charge on any atom is -0.343 e. The molecule has 30 heavy (non-hydrogen) atoms. The Kier molecular flexibility index (Phi) is 6.30. The molecule has 2 amide bonds. The third-order valence-corrected chi connectivity index (χ3v) is 4.78. The van der Waals surface area contributed by atoms with E-state index in [1.807, 2.05) is 41.8 Å². The highest BCUT2D eigenvalue weighted by atomic mass is 16.2. The summed E-state index contributed by atoms with van der Waals surface area (Å²) in [6.07, 6.45) is 1.67. The molecule has 2 N–H and O–H groups in total. The number of rotatable bonds is 6. The van der Waals surface area contributed by atoms with Crippen molar-refractivity contribution in [3.05, 3.63) is 66.0 Å². The largest absolute Gasteiger partial charge is 0.343 e. The zero-order chi connectivity index (χ0) is 21.7. The molecule has 156 valence electrons. The van der Waals surface area contributed by atoms with E-state index < -0.39 is 0 Å². The lowest BCUT2D eigenvalue weighted by Crippen LogP contribution is -2.32. The Labute approximate surface area is 176 Å². The molecule has 0 spiro atoms. The average molecular weight is 406 g/mol. The summed E-state index contributed by atoms with van der Waals surface area (Å²) < 4.78 is 1.92. The van der Waals surface area contributed by atoms with Crippen LogP contribution in [0.3, 0.4) is 0 Å². The Hall–Kier alpha value is -3.48. The van der Waals surface area contributed by atoms with Gasteiger partial charge in [0, 0.05) is 23.4 Å². The summed E-state index contributed by atoms with van der Waals surface area (Å²) in [6, 6.07) is 14.8. The third kappa shape index (κ3) is 5.11. The van der Waals surface area contributed by atoms with Crippen molar-refractivity contribution in [3.63, 3.8) is 0 Å². The lowest BCUT2D eigenvalue weighted by Gasteiger charge is -2.19. The molecule has 0 aliphatic rings. The van der Waals surface area contributed by atoms with Crippen LogP contribution < -0.4 is 10.6 Å². The van der Waals surface area contributed by atoms with Crippen molar-refractivity contribution in [3.8, 4) is 11.4 Å². The van der Waals surface area contributed by atoms with Gasteiger partial charge in [0.25, 0.3) is 5.91 Å². The van der Waals surface area contributed by atoms with Crippen molar-refractivity contribution in [2.45, 2.75) is 39.7 Å². The first kappa shape index (κ1) is 21.2. The van der Waals surface area contributed by atoms with Crippen molar-refractivity contribution in [1.29, 1.82) is 0 Å². The highest BCUT2D eigenvalue weighted by Gasteiger charge is 2.15. The average Bonchev–Trinajstić information content (AvgIpc) is 3.20. The topological polar surface area (TPSA) is 88.9 Å². The van der Waals surface area contributed by atoms with Crippen LogP contribution in [0.15, 0.2) is 54.9 Å². The van der Waals surface area contributed by atoms with Gasteiger partial charge in [-0.15, -0.1) is 10.2 Å². The second kappa shape index (κ2) is 8.90. The molecule has 3 rings (SSSR count). The van der Waals surface area contributed by atoms with Crippen LogP contribution in [0.25, 0.3) is 11.4 Å². The number of aromatic nitrogens is 3. The van der Waals surface area contributed by atoms with Crippen LogP contribution in [-0.2, 0) is 16.8 Å². The van der Waals surface area contributed by atoms with Crippen LogP contribution in [0, 0.1) is 0 Å². The quantitative estimate of drug-likeness (QED) is 0.655. The number of anilines is 1. The van der Waals surface area contributed by atoms with Crippen LogP contribution in [0.4, 0.5) is 5.69 Å². The molecule has 0 radical (unpaired) electrons. The fourth-order valence-corrected chi connectivity index (χ4v) is 3.04. The van der Waals surface area contributed by atoms with E-state index in [9.17, 15) is 9.59 Å². The molecule has 3 aromatic rings. The smallest absolute Gasteiger partial charge is 0.251 e. The molecule has 0 fully saturated rings. The molecule has 1 aromatic heterocycles. The number of hydrogen-bond donors (Lipinski definition) is 2. The van der Waals surface area contributed by atoms with Crippen molar-refractivity contribution in [2.24, 2.45) is 0 Å². The van der Waals surface area contributed by atoms with Crippen LogP contribution in [0.1, 0.15) is 43.6 Å². The summed E-state index contributed by atoms with van der Waals surface area (Å²) in [4.78, 5) is 24.6. The number of carbonyl (C=O) groups excluding carboxylic acids is 2. The van der Waals surface area contributed by atoms with Crippen LogP contribution >= 0.6 is 0 Å². The summed E-state index contributed by atoms with van der Waals surface area (Å²) in [7, 11) is 0. The standard InChI is InChI=1S/C23H27N5O2/c1-5-28-15-25-27-21(28)17-7-6-8-19(13-17)26-20(29)14-24-22(30)16-9-11-18(12-10-16)23(2,3)4/h6-13,15H,5,14H2,1-4H3,(H,24,30)(H,26,29). The monoisotopic (exact) mass is 405 g/mol. The normalized spacial score (nSPS) is 11.2. The van der Waals surface area contributed by atoms with Crippen molar-refractivity contribution < 1.29 is 9.59 Å². The van der Waals surface area contributed by atoms with Gasteiger partial charge in [-0.05, 0) is 42.2 Å². The van der Waals surface area contributed by atoms with Crippen molar-refractivity contribution in [1.82, 2.24) is 20.1 Å². The van der Waals surface area contributed by atoms with Gasteiger partial charge in [-0.1, -0.05) is 45.0 Å². The molecule has 0 unspecified atom stereocenters. The Morgan fingerprint density at radius 1 is 1.07 bits per heavy atom. The maximum atomic E-state index is 12.3. The van der Waals surface area contributed by atoms with Gasteiger partial charge in [0.15, 0.2) is 5.82 Å². The van der Waals surface area contributed by atoms with Crippen molar-refractivity contribution in [2.75, 3.05) is 11.9 Å². The fraction of sp³-hybridized carbons (Fsp3) is 0.304.